The van der Waals surface area contributed by atoms with Crippen LogP contribution >= 0.6 is 12.2 Å². The average Bonchev–Trinajstić information content (AvgIpc) is 3.39. The Labute approximate surface area is 220 Å². The van der Waals surface area contributed by atoms with Crippen LogP contribution in [0.1, 0.15) is 41.1 Å². The number of thiocarbonyl (C=S) groups is 1. The lowest BCUT2D eigenvalue weighted by molar-refractivity contribution is -0.116. The summed E-state index contributed by atoms with van der Waals surface area (Å²) in [4.78, 5) is 23.9. The Bertz CT molecular complexity index is 1430. The lowest BCUT2D eigenvalue weighted by atomic mass is 9.96. The minimum absolute atomic E-state index is 0.139. The molecular formula is C28H27FN6OS. The molecule has 0 saturated carbocycles. The van der Waals surface area contributed by atoms with Gasteiger partial charge in [0.05, 0.1) is 23.5 Å². The van der Waals surface area contributed by atoms with E-state index in [1.807, 2.05) is 48.2 Å². The minimum Gasteiger partial charge on any atom is -0.352 e. The molecule has 4 aromatic rings. The summed E-state index contributed by atoms with van der Waals surface area (Å²) in [5, 5.41) is 6.63. The van der Waals surface area contributed by atoms with Crippen LogP contribution in [0, 0.1) is 19.7 Å². The van der Waals surface area contributed by atoms with Crippen molar-refractivity contribution >= 4 is 28.9 Å². The first-order valence-corrected chi connectivity index (χ1v) is 12.5. The zero-order chi connectivity index (χ0) is 25.9. The highest BCUT2D eigenvalue weighted by atomic mass is 32.1. The number of para-hydroxylation sites is 1. The predicted molar refractivity (Wildman–Crippen MR) is 145 cm³/mol. The average molecular weight is 515 g/mol. The number of hydrogen-bond donors (Lipinski definition) is 2. The van der Waals surface area contributed by atoms with Crippen molar-refractivity contribution in [1.29, 1.82) is 0 Å². The summed E-state index contributed by atoms with van der Waals surface area (Å²) >= 11 is 5.75. The maximum atomic E-state index is 14.0. The molecule has 2 N–H and O–H groups in total. The van der Waals surface area contributed by atoms with Crippen molar-refractivity contribution in [2.75, 3.05) is 11.9 Å². The Hall–Kier alpha value is -4.11. The van der Waals surface area contributed by atoms with Crippen LogP contribution in [-0.2, 0) is 4.79 Å². The lowest BCUT2D eigenvalue weighted by Gasteiger charge is -2.28. The molecule has 1 amide bonds. The van der Waals surface area contributed by atoms with Gasteiger partial charge in [-0.15, -0.1) is 0 Å². The number of rotatable bonds is 7. The Balaban J connectivity index is 1.47. The number of carbonyl (C=O) groups excluding carboxylic acids is 1. The summed E-state index contributed by atoms with van der Waals surface area (Å²) in [6, 6.07) is 19.5. The topological polar surface area (TPSA) is 75.1 Å². The molecule has 7 nitrogen and oxygen atoms in total. The van der Waals surface area contributed by atoms with E-state index in [0.29, 0.717) is 11.7 Å². The second-order valence-electron chi connectivity index (χ2n) is 8.95. The number of benzene rings is 1. The molecule has 3 aromatic heterocycles. The van der Waals surface area contributed by atoms with E-state index in [1.165, 1.54) is 6.07 Å². The second-order valence-corrected chi connectivity index (χ2v) is 9.33. The first-order valence-electron chi connectivity index (χ1n) is 12.1. The SMILES string of the molecule is Cc1cc([C@H]2[C@H](c3ccccn3)NC(=S)N2CCC(=O)Nc2ccccc2F)c(C)n1-c1ccccn1. The summed E-state index contributed by atoms with van der Waals surface area (Å²) in [6.07, 6.45) is 3.68. The van der Waals surface area contributed by atoms with Gasteiger partial charge in [-0.2, -0.15) is 0 Å². The fourth-order valence-corrected chi connectivity index (χ4v) is 5.24. The highest BCUT2D eigenvalue weighted by Gasteiger charge is 2.41. The molecule has 0 spiro atoms. The van der Waals surface area contributed by atoms with Gasteiger partial charge in [0.2, 0.25) is 5.91 Å². The van der Waals surface area contributed by atoms with Crippen LogP contribution in [0.25, 0.3) is 5.82 Å². The van der Waals surface area contributed by atoms with E-state index in [2.05, 4.69) is 38.2 Å². The van der Waals surface area contributed by atoms with Crippen molar-refractivity contribution in [3.8, 4) is 5.82 Å². The Morgan fingerprint density at radius 3 is 2.49 bits per heavy atom. The maximum Gasteiger partial charge on any atom is 0.226 e. The lowest BCUT2D eigenvalue weighted by Crippen LogP contribution is -2.33. The molecule has 4 heterocycles. The number of aryl methyl sites for hydroxylation is 1. The van der Waals surface area contributed by atoms with Crippen LogP contribution in [0.2, 0.25) is 0 Å². The zero-order valence-electron chi connectivity index (χ0n) is 20.6. The third kappa shape index (κ3) is 4.95. The molecule has 1 aliphatic rings. The molecule has 2 atom stereocenters. The summed E-state index contributed by atoms with van der Waals surface area (Å²) < 4.78 is 16.2. The number of hydrogen-bond acceptors (Lipinski definition) is 4. The van der Waals surface area contributed by atoms with E-state index in [0.717, 1.165) is 28.5 Å². The Morgan fingerprint density at radius 1 is 1.05 bits per heavy atom. The number of carbonyl (C=O) groups is 1. The Kier molecular flexibility index (Phi) is 6.96. The molecule has 0 bridgehead atoms. The molecule has 5 rings (SSSR count). The van der Waals surface area contributed by atoms with Gasteiger partial charge in [-0.25, -0.2) is 9.37 Å². The highest BCUT2D eigenvalue weighted by Crippen LogP contribution is 2.41. The van der Waals surface area contributed by atoms with Gasteiger partial charge in [0, 0.05) is 36.7 Å². The third-order valence-corrected chi connectivity index (χ3v) is 6.95. The van der Waals surface area contributed by atoms with Crippen molar-refractivity contribution < 1.29 is 9.18 Å². The van der Waals surface area contributed by atoms with Crippen LogP contribution in [0.15, 0.2) is 79.1 Å². The minimum atomic E-state index is -0.468. The van der Waals surface area contributed by atoms with E-state index >= 15 is 0 Å². The second kappa shape index (κ2) is 10.5. The van der Waals surface area contributed by atoms with Crippen LogP contribution < -0.4 is 10.6 Å². The quantitative estimate of drug-likeness (QED) is 0.337. The van der Waals surface area contributed by atoms with E-state index in [9.17, 15) is 9.18 Å². The summed E-state index contributed by atoms with van der Waals surface area (Å²) in [5.74, 6) is 0.0821. The molecular weight excluding hydrogens is 487 g/mol. The number of halogens is 1. The van der Waals surface area contributed by atoms with Gasteiger partial charge in [-0.1, -0.05) is 24.3 Å². The normalized spacial score (nSPS) is 17.1. The number of amides is 1. The zero-order valence-corrected chi connectivity index (χ0v) is 21.4. The first-order chi connectivity index (χ1) is 17.9. The standard InChI is InChI=1S/C28H27FN6OS/c1-18-17-20(19(2)35(18)24-12-6-8-15-31-24)27-26(23-11-5-7-14-30-23)33-28(37)34(27)16-13-25(36)32-22-10-4-3-9-21(22)29/h3-12,14-15,17,26-27H,13,16H2,1-2H3,(H,32,36)(H,33,37)/t26-,27-/m0/s1. The van der Waals surface area contributed by atoms with E-state index in [-0.39, 0.29) is 30.1 Å². The highest BCUT2D eigenvalue weighted by molar-refractivity contribution is 7.80. The van der Waals surface area contributed by atoms with E-state index in [1.54, 1.807) is 30.6 Å². The molecule has 188 valence electrons. The molecule has 9 heteroatoms. The molecule has 1 aromatic carbocycles. The fourth-order valence-electron chi connectivity index (χ4n) is 4.91. The summed E-state index contributed by atoms with van der Waals surface area (Å²) in [6.45, 7) is 4.47. The molecule has 1 fully saturated rings. The van der Waals surface area contributed by atoms with Crippen LogP contribution in [0.4, 0.5) is 10.1 Å². The summed E-state index contributed by atoms with van der Waals surface area (Å²) in [7, 11) is 0. The van der Waals surface area contributed by atoms with Gasteiger partial charge in [-0.05, 0) is 74.1 Å². The fraction of sp³-hybridized carbons (Fsp3) is 0.214. The van der Waals surface area contributed by atoms with Crippen LogP contribution in [0.5, 0.6) is 0 Å². The predicted octanol–water partition coefficient (Wildman–Crippen LogP) is 5.02. The molecule has 37 heavy (non-hydrogen) atoms. The number of anilines is 1. The smallest absolute Gasteiger partial charge is 0.226 e. The van der Waals surface area contributed by atoms with Crippen molar-refractivity contribution in [2.24, 2.45) is 0 Å². The van der Waals surface area contributed by atoms with Gasteiger partial charge in [-0.3, -0.25) is 9.78 Å². The number of nitrogens with one attached hydrogen (secondary N) is 2. The monoisotopic (exact) mass is 514 g/mol. The molecule has 0 aliphatic carbocycles. The Morgan fingerprint density at radius 2 is 1.78 bits per heavy atom. The van der Waals surface area contributed by atoms with Crippen molar-refractivity contribution in [2.45, 2.75) is 32.4 Å². The molecule has 1 aliphatic heterocycles. The van der Waals surface area contributed by atoms with Gasteiger partial charge in [0.15, 0.2) is 5.11 Å². The third-order valence-electron chi connectivity index (χ3n) is 6.59. The van der Waals surface area contributed by atoms with Crippen LogP contribution in [0.3, 0.4) is 0 Å². The van der Waals surface area contributed by atoms with Crippen molar-refractivity contribution in [1.82, 2.24) is 24.8 Å². The van der Waals surface area contributed by atoms with Gasteiger partial charge >= 0.3 is 0 Å². The van der Waals surface area contributed by atoms with E-state index < -0.39 is 5.82 Å². The molecule has 0 radical (unpaired) electrons. The summed E-state index contributed by atoms with van der Waals surface area (Å²) in [5.41, 5.74) is 4.17. The molecule has 1 saturated heterocycles. The van der Waals surface area contributed by atoms with Gasteiger partial charge in [0.1, 0.15) is 11.6 Å². The first kappa shape index (κ1) is 24.6. The van der Waals surface area contributed by atoms with Crippen LogP contribution in [-0.4, -0.2) is 37.0 Å². The van der Waals surface area contributed by atoms with E-state index in [4.69, 9.17) is 12.2 Å². The largest absolute Gasteiger partial charge is 0.352 e. The van der Waals surface area contributed by atoms with Crippen molar-refractivity contribution in [3.05, 3.63) is 108 Å². The number of pyridine rings is 2. The van der Waals surface area contributed by atoms with Crippen molar-refractivity contribution in [3.63, 3.8) is 0 Å². The maximum absolute atomic E-state index is 14.0. The number of aromatic nitrogens is 3. The molecule has 0 unspecified atom stereocenters. The van der Waals surface area contributed by atoms with Gasteiger partial charge in [0.25, 0.3) is 0 Å². The van der Waals surface area contributed by atoms with Gasteiger partial charge < -0.3 is 20.1 Å². The number of nitrogens with zero attached hydrogens (tertiary/aromatic N) is 4.